The van der Waals surface area contributed by atoms with Crippen LogP contribution >= 0.6 is 0 Å². The molecule has 0 aromatic carbocycles. The summed E-state index contributed by atoms with van der Waals surface area (Å²) in [7, 11) is 4.16. The minimum absolute atomic E-state index is 0.891. The van der Waals surface area contributed by atoms with E-state index in [2.05, 4.69) is 23.3 Å². The van der Waals surface area contributed by atoms with Crippen LogP contribution < -0.4 is 5.32 Å². The first kappa shape index (κ1) is 12.7. The molecule has 1 aliphatic rings. The molecule has 0 aliphatic heterocycles. The fourth-order valence-corrected chi connectivity index (χ4v) is 2.48. The number of furan rings is 1. The van der Waals surface area contributed by atoms with Gasteiger partial charge in [-0.2, -0.15) is 0 Å². The molecule has 1 aromatic heterocycles. The molecule has 1 aromatic rings. The van der Waals surface area contributed by atoms with Crippen LogP contribution in [0.2, 0.25) is 0 Å². The van der Waals surface area contributed by atoms with Crippen molar-refractivity contribution in [2.75, 3.05) is 20.6 Å². The third-order valence-corrected chi connectivity index (χ3v) is 3.66. The lowest BCUT2D eigenvalue weighted by molar-refractivity contribution is 0.190. The third kappa shape index (κ3) is 3.33. The van der Waals surface area contributed by atoms with Crippen LogP contribution in [0.1, 0.15) is 36.3 Å². The maximum atomic E-state index is 5.79. The van der Waals surface area contributed by atoms with Gasteiger partial charge in [-0.05, 0) is 45.8 Å². The molecular formula is C14H24N2O. The summed E-state index contributed by atoms with van der Waals surface area (Å²) < 4.78 is 5.79. The summed E-state index contributed by atoms with van der Waals surface area (Å²) in [5.74, 6) is 3.06. The Hall–Kier alpha value is -0.800. The van der Waals surface area contributed by atoms with Crippen LogP contribution in [0.5, 0.6) is 0 Å². The van der Waals surface area contributed by atoms with Gasteiger partial charge in [0, 0.05) is 18.7 Å². The second kappa shape index (κ2) is 5.69. The van der Waals surface area contributed by atoms with Gasteiger partial charge in [0.2, 0.25) is 0 Å². The Morgan fingerprint density at radius 1 is 1.47 bits per heavy atom. The summed E-state index contributed by atoms with van der Waals surface area (Å²) >= 11 is 0. The van der Waals surface area contributed by atoms with Crippen LogP contribution in [0, 0.1) is 12.8 Å². The van der Waals surface area contributed by atoms with Crippen LogP contribution in [0.15, 0.2) is 10.5 Å². The van der Waals surface area contributed by atoms with Crippen LogP contribution in [0.3, 0.4) is 0 Å². The van der Waals surface area contributed by atoms with E-state index < -0.39 is 0 Å². The average Bonchev–Trinajstić information content (AvgIpc) is 2.54. The number of aryl methyl sites for hydroxylation is 1. The predicted octanol–water partition coefficient (Wildman–Crippen LogP) is 2.54. The first-order valence-electron chi connectivity index (χ1n) is 6.60. The number of nitrogens with zero attached hydrogens (tertiary/aromatic N) is 1. The van der Waals surface area contributed by atoms with Crippen LogP contribution in [0.25, 0.3) is 0 Å². The maximum absolute atomic E-state index is 5.79. The number of hydrogen-bond donors (Lipinski definition) is 1. The van der Waals surface area contributed by atoms with Gasteiger partial charge >= 0.3 is 0 Å². The van der Waals surface area contributed by atoms with E-state index in [9.17, 15) is 0 Å². The number of nitrogens with one attached hydrogen (secondary N) is 1. The summed E-state index contributed by atoms with van der Waals surface area (Å²) in [5.41, 5.74) is 1.28. The number of rotatable bonds is 6. The summed E-state index contributed by atoms with van der Waals surface area (Å²) in [5, 5.41) is 3.17. The highest BCUT2D eigenvalue weighted by Crippen LogP contribution is 2.27. The van der Waals surface area contributed by atoms with Gasteiger partial charge in [0.1, 0.15) is 11.5 Å². The van der Waals surface area contributed by atoms with Crippen LogP contribution in [-0.2, 0) is 13.1 Å². The van der Waals surface area contributed by atoms with Gasteiger partial charge in [-0.15, -0.1) is 0 Å². The number of hydrogen-bond acceptors (Lipinski definition) is 3. The fraction of sp³-hybridized carbons (Fsp3) is 0.714. The van der Waals surface area contributed by atoms with E-state index in [4.69, 9.17) is 4.42 Å². The molecule has 17 heavy (non-hydrogen) atoms. The highest BCUT2D eigenvalue weighted by atomic mass is 16.3. The Bertz CT molecular complexity index is 355. The molecule has 0 atom stereocenters. The maximum Gasteiger partial charge on any atom is 0.118 e. The van der Waals surface area contributed by atoms with E-state index in [1.165, 1.54) is 31.4 Å². The summed E-state index contributed by atoms with van der Waals surface area (Å²) in [6.45, 7) is 5.08. The molecule has 3 heteroatoms. The van der Waals surface area contributed by atoms with Gasteiger partial charge in [-0.25, -0.2) is 0 Å². The van der Waals surface area contributed by atoms with Crippen molar-refractivity contribution >= 4 is 0 Å². The van der Waals surface area contributed by atoms with E-state index in [0.29, 0.717) is 0 Å². The van der Waals surface area contributed by atoms with Gasteiger partial charge in [0.25, 0.3) is 0 Å². The molecule has 2 rings (SSSR count). The molecule has 0 unspecified atom stereocenters. The quantitative estimate of drug-likeness (QED) is 0.823. The Kier molecular flexibility index (Phi) is 4.24. The van der Waals surface area contributed by atoms with Gasteiger partial charge in [-0.1, -0.05) is 6.42 Å². The molecular weight excluding hydrogens is 212 g/mol. The van der Waals surface area contributed by atoms with Crippen molar-refractivity contribution in [3.05, 3.63) is 23.2 Å². The first-order chi connectivity index (χ1) is 8.19. The second-order valence-electron chi connectivity index (χ2n) is 5.32. The molecule has 0 spiro atoms. The normalized spacial score (nSPS) is 16.5. The van der Waals surface area contributed by atoms with E-state index >= 15 is 0 Å². The summed E-state index contributed by atoms with van der Waals surface area (Å²) in [6.07, 6.45) is 4.24. The first-order valence-corrected chi connectivity index (χ1v) is 6.60. The molecule has 1 N–H and O–H groups in total. The van der Waals surface area contributed by atoms with Gasteiger partial charge in [0.15, 0.2) is 0 Å². The minimum atomic E-state index is 0.891. The molecule has 0 radical (unpaired) electrons. The molecule has 1 heterocycles. The molecule has 0 bridgehead atoms. The Labute approximate surface area is 104 Å². The highest BCUT2D eigenvalue weighted by Gasteiger charge is 2.19. The molecule has 96 valence electrons. The van der Waals surface area contributed by atoms with Crippen molar-refractivity contribution in [1.82, 2.24) is 10.2 Å². The Morgan fingerprint density at radius 2 is 2.24 bits per heavy atom. The lowest BCUT2D eigenvalue weighted by Gasteiger charge is -2.29. The highest BCUT2D eigenvalue weighted by molar-refractivity contribution is 5.20. The third-order valence-electron chi connectivity index (χ3n) is 3.66. The van der Waals surface area contributed by atoms with Crippen molar-refractivity contribution in [2.45, 2.75) is 39.3 Å². The zero-order chi connectivity index (χ0) is 12.3. The second-order valence-corrected chi connectivity index (χ2v) is 5.32. The predicted molar refractivity (Wildman–Crippen MR) is 69.9 cm³/mol. The standard InChI is InChI=1S/C14H24N2O/c1-11-13(8-15-2)7-14(17-11)10-16(3)9-12-5-4-6-12/h7,12,15H,4-6,8-10H2,1-3H3. The topological polar surface area (TPSA) is 28.4 Å². The Balaban J connectivity index is 1.86. The zero-order valence-electron chi connectivity index (χ0n) is 11.3. The molecule has 3 nitrogen and oxygen atoms in total. The lowest BCUT2D eigenvalue weighted by atomic mass is 9.85. The van der Waals surface area contributed by atoms with Crippen molar-refractivity contribution in [3.8, 4) is 0 Å². The van der Waals surface area contributed by atoms with E-state index in [1.54, 1.807) is 0 Å². The molecule has 1 aliphatic carbocycles. The SMILES string of the molecule is CNCc1cc(CN(C)CC2CCC2)oc1C. The van der Waals surface area contributed by atoms with E-state index in [0.717, 1.165) is 30.5 Å². The molecule has 0 saturated heterocycles. The largest absolute Gasteiger partial charge is 0.465 e. The van der Waals surface area contributed by atoms with Crippen molar-refractivity contribution in [3.63, 3.8) is 0 Å². The van der Waals surface area contributed by atoms with E-state index in [1.807, 2.05) is 14.0 Å². The van der Waals surface area contributed by atoms with Crippen LogP contribution in [-0.4, -0.2) is 25.5 Å². The smallest absolute Gasteiger partial charge is 0.118 e. The summed E-state index contributed by atoms with van der Waals surface area (Å²) in [6, 6.07) is 2.18. The van der Waals surface area contributed by atoms with Crippen molar-refractivity contribution < 1.29 is 4.42 Å². The molecule has 1 saturated carbocycles. The molecule has 0 amide bonds. The van der Waals surface area contributed by atoms with Crippen molar-refractivity contribution in [1.29, 1.82) is 0 Å². The van der Waals surface area contributed by atoms with Gasteiger partial charge in [-0.3, -0.25) is 4.90 Å². The van der Waals surface area contributed by atoms with Gasteiger partial charge < -0.3 is 9.73 Å². The minimum Gasteiger partial charge on any atom is -0.465 e. The van der Waals surface area contributed by atoms with E-state index in [-0.39, 0.29) is 0 Å². The van der Waals surface area contributed by atoms with Crippen LogP contribution in [0.4, 0.5) is 0 Å². The molecule has 1 fully saturated rings. The van der Waals surface area contributed by atoms with Crippen molar-refractivity contribution in [2.24, 2.45) is 5.92 Å². The summed E-state index contributed by atoms with van der Waals surface area (Å²) in [4.78, 5) is 2.38. The lowest BCUT2D eigenvalue weighted by Crippen LogP contribution is -2.28. The Morgan fingerprint density at radius 3 is 2.82 bits per heavy atom. The zero-order valence-corrected chi connectivity index (χ0v) is 11.3. The fourth-order valence-electron chi connectivity index (χ4n) is 2.48. The van der Waals surface area contributed by atoms with Gasteiger partial charge in [0.05, 0.1) is 6.54 Å². The average molecular weight is 236 g/mol. The monoisotopic (exact) mass is 236 g/mol.